The molecule has 0 atom stereocenters. The molecule has 2 aromatic rings. The summed E-state index contributed by atoms with van der Waals surface area (Å²) in [6.07, 6.45) is 2.00. The van der Waals surface area contributed by atoms with E-state index in [-0.39, 0.29) is 17.2 Å². The lowest BCUT2D eigenvalue weighted by Gasteiger charge is -2.15. The Bertz CT molecular complexity index is 684. The molecule has 0 aliphatic carbocycles. The number of fused-ring (bicyclic) bond motifs is 1. The third-order valence-corrected chi connectivity index (χ3v) is 3.31. The van der Waals surface area contributed by atoms with Crippen LogP contribution in [-0.2, 0) is 19.5 Å². The van der Waals surface area contributed by atoms with Crippen LogP contribution in [0.1, 0.15) is 28.6 Å². The van der Waals surface area contributed by atoms with Gasteiger partial charge in [-0.05, 0) is 12.5 Å². The third-order valence-electron chi connectivity index (χ3n) is 3.31. The maximum Gasteiger partial charge on any atom is 0.274 e. The number of aromatic amines is 1. The first-order chi connectivity index (χ1) is 9.65. The second kappa shape index (κ2) is 4.87. The molecule has 0 fully saturated rings. The van der Waals surface area contributed by atoms with Crippen molar-refractivity contribution in [1.29, 1.82) is 0 Å². The van der Waals surface area contributed by atoms with Crippen molar-refractivity contribution < 1.29 is 4.79 Å². The van der Waals surface area contributed by atoms with E-state index in [2.05, 4.69) is 20.4 Å². The van der Waals surface area contributed by atoms with E-state index in [1.54, 1.807) is 7.05 Å². The van der Waals surface area contributed by atoms with E-state index >= 15 is 0 Å². The van der Waals surface area contributed by atoms with Gasteiger partial charge in [0.1, 0.15) is 11.5 Å². The Kier molecular flexibility index (Phi) is 3.05. The minimum absolute atomic E-state index is 0.202. The van der Waals surface area contributed by atoms with Gasteiger partial charge in [0.2, 0.25) is 0 Å². The Morgan fingerprint density at radius 2 is 2.30 bits per heavy atom. The smallest absolute Gasteiger partial charge is 0.274 e. The minimum atomic E-state index is -0.334. The summed E-state index contributed by atoms with van der Waals surface area (Å²) in [5.74, 6) is 1.48. The van der Waals surface area contributed by atoms with Crippen LogP contribution in [0.3, 0.4) is 0 Å². The Morgan fingerprint density at radius 1 is 1.45 bits per heavy atom. The highest BCUT2D eigenvalue weighted by Gasteiger charge is 2.21. The molecule has 0 saturated heterocycles. The molecule has 3 heterocycles. The molecule has 1 aliphatic rings. The summed E-state index contributed by atoms with van der Waals surface area (Å²) in [7, 11) is 1.67. The number of carbonyl (C=O) groups is 1. The van der Waals surface area contributed by atoms with Gasteiger partial charge < -0.3 is 9.47 Å². The first-order valence-electron chi connectivity index (χ1n) is 6.37. The number of rotatable bonds is 3. The number of aromatic nitrogens is 5. The molecule has 20 heavy (non-hydrogen) atoms. The largest absolute Gasteiger partial charge is 0.333 e. The van der Waals surface area contributed by atoms with Crippen molar-refractivity contribution in [2.24, 2.45) is 0 Å². The molecule has 0 unspecified atom stereocenters. The van der Waals surface area contributed by atoms with Crippen LogP contribution in [0.5, 0.6) is 0 Å². The fraction of sp³-hybridized carbons (Fsp3) is 0.417. The Hall–Kier alpha value is -2.51. The second-order valence-corrected chi connectivity index (χ2v) is 4.76. The Balaban J connectivity index is 1.75. The van der Waals surface area contributed by atoms with Gasteiger partial charge >= 0.3 is 0 Å². The maximum absolute atomic E-state index is 12.2. The quantitative estimate of drug-likeness (QED) is 0.820. The number of aryl methyl sites for hydroxylation is 1. The van der Waals surface area contributed by atoms with Gasteiger partial charge in [0.15, 0.2) is 5.82 Å². The summed E-state index contributed by atoms with van der Waals surface area (Å²) in [4.78, 5) is 24.6. The predicted molar refractivity (Wildman–Crippen MR) is 69.0 cm³/mol. The highest BCUT2D eigenvalue weighted by atomic mass is 16.2. The van der Waals surface area contributed by atoms with Gasteiger partial charge in [0.25, 0.3) is 11.5 Å². The predicted octanol–water partition coefficient (Wildman–Crippen LogP) is -0.420. The average molecular weight is 274 g/mol. The summed E-state index contributed by atoms with van der Waals surface area (Å²) < 4.78 is 2.05. The zero-order chi connectivity index (χ0) is 14.1. The summed E-state index contributed by atoms with van der Waals surface area (Å²) in [6, 6.07) is 2.69. The molecule has 8 nitrogen and oxygen atoms in total. The van der Waals surface area contributed by atoms with Gasteiger partial charge in [-0.2, -0.15) is 5.10 Å². The fourth-order valence-electron chi connectivity index (χ4n) is 2.27. The first-order valence-corrected chi connectivity index (χ1v) is 6.37. The van der Waals surface area contributed by atoms with Crippen LogP contribution in [0.2, 0.25) is 0 Å². The summed E-state index contributed by atoms with van der Waals surface area (Å²) in [5.41, 5.74) is -0.132. The zero-order valence-electron chi connectivity index (χ0n) is 11.0. The van der Waals surface area contributed by atoms with Crippen LogP contribution in [0.4, 0.5) is 0 Å². The molecule has 0 spiro atoms. The van der Waals surface area contributed by atoms with Crippen molar-refractivity contribution in [3.05, 3.63) is 39.8 Å². The highest BCUT2D eigenvalue weighted by Crippen LogP contribution is 2.15. The summed E-state index contributed by atoms with van der Waals surface area (Å²) in [6.45, 7) is 1.27. The molecule has 3 rings (SSSR count). The van der Waals surface area contributed by atoms with Crippen molar-refractivity contribution in [3.63, 3.8) is 0 Å². The maximum atomic E-state index is 12.2. The second-order valence-electron chi connectivity index (χ2n) is 4.76. The molecule has 1 amide bonds. The summed E-state index contributed by atoms with van der Waals surface area (Å²) >= 11 is 0. The van der Waals surface area contributed by atoms with Gasteiger partial charge in [0, 0.05) is 26.1 Å². The van der Waals surface area contributed by atoms with Crippen molar-refractivity contribution >= 4 is 5.91 Å². The number of hydrogen-bond acceptors (Lipinski definition) is 5. The van der Waals surface area contributed by atoms with E-state index in [1.807, 2.05) is 4.57 Å². The van der Waals surface area contributed by atoms with E-state index < -0.39 is 0 Å². The standard InChI is InChI=1S/C12H14N6O2/c1-17(12(20)8-4-5-11(19)16-13-8)7-10-15-14-9-3-2-6-18(9)10/h4-5H,2-3,6-7H2,1H3,(H,16,19). The molecule has 1 aliphatic heterocycles. The molecule has 104 valence electrons. The van der Waals surface area contributed by atoms with E-state index in [0.29, 0.717) is 6.54 Å². The molecule has 0 aromatic carbocycles. The van der Waals surface area contributed by atoms with Crippen LogP contribution in [0.25, 0.3) is 0 Å². The van der Waals surface area contributed by atoms with Crippen LogP contribution in [0.15, 0.2) is 16.9 Å². The van der Waals surface area contributed by atoms with E-state index in [9.17, 15) is 9.59 Å². The molecule has 1 N–H and O–H groups in total. The van der Waals surface area contributed by atoms with Crippen LogP contribution in [0, 0.1) is 0 Å². The number of nitrogens with one attached hydrogen (secondary N) is 1. The van der Waals surface area contributed by atoms with Crippen LogP contribution < -0.4 is 5.56 Å². The lowest BCUT2D eigenvalue weighted by molar-refractivity contribution is 0.0773. The van der Waals surface area contributed by atoms with E-state index in [0.717, 1.165) is 31.0 Å². The van der Waals surface area contributed by atoms with Crippen molar-refractivity contribution in [2.75, 3.05) is 7.05 Å². The van der Waals surface area contributed by atoms with Gasteiger partial charge in [-0.1, -0.05) is 0 Å². The third kappa shape index (κ3) is 2.20. The van der Waals surface area contributed by atoms with Crippen LogP contribution >= 0.6 is 0 Å². The molecular weight excluding hydrogens is 260 g/mol. The van der Waals surface area contributed by atoms with Gasteiger partial charge in [-0.25, -0.2) is 5.10 Å². The Labute approximate surface area is 114 Å². The average Bonchev–Trinajstić information content (AvgIpc) is 3.04. The number of amides is 1. The van der Waals surface area contributed by atoms with Gasteiger partial charge in [-0.15, -0.1) is 10.2 Å². The molecule has 0 radical (unpaired) electrons. The van der Waals surface area contributed by atoms with Crippen LogP contribution in [-0.4, -0.2) is 42.8 Å². The van der Waals surface area contributed by atoms with Gasteiger partial charge in [-0.3, -0.25) is 9.59 Å². The van der Waals surface area contributed by atoms with E-state index in [1.165, 1.54) is 17.0 Å². The number of H-pyrrole nitrogens is 1. The summed E-state index contributed by atoms with van der Waals surface area (Å²) in [5, 5.41) is 14.2. The molecular formula is C12H14N6O2. The number of hydrogen-bond donors (Lipinski definition) is 1. The van der Waals surface area contributed by atoms with Gasteiger partial charge in [0.05, 0.1) is 6.54 Å². The van der Waals surface area contributed by atoms with Crippen molar-refractivity contribution in [1.82, 2.24) is 29.9 Å². The number of nitrogens with zero attached hydrogens (tertiary/aromatic N) is 5. The lowest BCUT2D eigenvalue weighted by Crippen LogP contribution is -2.29. The van der Waals surface area contributed by atoms with Crippen molar-refractivity contribution in [3.8, 4) is 0 Å². The fourth-order valence-corrected chi connectivity index (χ4v) is 2.27. The molecule has 0 bridgehead atoms. The topological polar surface area (TPSA) is 96.8 Å². The molecule has 2 aromatic heterocycles. The molecule has 0 saturated carbocycles. The Morgan fingerprint density at radius 3 is 3.05 bits per heavy atom. The SMILES string of the molecule is CN(Cc1nnc2n1CCC2)C(=O)c1ccc(=O)[nH]n1. The first kappa shape index (κ1) is 12.5. The minimum Gasteiger partial charge on any atom is -0.333 e. The van der Waals surface area contributed by atoms with E-state index in [4.69, 9.17) is 0 Å². The lowest BCUT2D eigenvalue weighted by atomic mass is 10.3. The zero-order valence-corrected chi connectivity index (χ0v) is 11.0. The highest BCUT2D eigenvalue weighted by molar-refractivity contribution is 5.91. The molecule has 8 heteroatoms. The van der Waals surface area contributed by atoms with Crippen molar-refractivity contribution in [2.45, 2.75) is 25.9 Å². The number of carbonyl (C=O) groups excluding carboxylic acids is 1. The monoisotopic (exact) mass is 274 g/mol. The normalized spacial score (nSPS) is 13.2.